The molecule has 0 heterocycles. The Hall–Kier alpha value is -4.70. The fraction of sp³-hybridized carbons (Fsp3) is 0.290. The van der Waals surface area contributed by atoms with Gasteiger partial charge in [-0.2, -0.15) is 0 Å². The number of nitrogens with two attached hydrogens (primary N) is 1. The molecule has 7 N–H and O–H groups in total. The number of hydrogen-bond acceptors (Lipinski definition) is 6. The predicted octanol–water partition coefficient (Wildman–Crippen LogP) is 1.49. The molecule has 0 saturated carbocycles. The number of carbonyl (C=O) groups is 4. The minimum absolute atomic E-state index is 0.107. The summed E-state index contributed by atoms with van der Waals surface area (Å²) in [6.45, 7) is 3.16. The van der Waals surface area contributed by atoms with Gasteiger partial charge in [-0.3, -0.25) is 19.2 Å². The average Bonchev–Trinajstić information content (AvgIpc) is 2.98. The molecule has 0 radical (unpaired) electrons. The Morgan fingerprint density at radius 3 is 1.88 bits per heavy atom. The lowest BCUT2D eigenvalue weighted by Gasteiger charge is -2.23. The molecule has 1 unspecified atom stereocenters. The van der Waals surface area contributed by atoms with Crippen LogP contribution < -0.4 is 27.0 Å². The quantitative estimate of drug-likeness (QED) is 0.174. The van der Waals surface area contributed by atoms with E-state index in [2.05, 4.69) is 21.3 Å². The van der Waals surface area contributed by atoms with Crippen molar-refractivity contribution in [3.05, 3.63) is 102 Å². The molecule has 0 fully saturated rings. The molecule has 41 heavy (non-hydrogen) atoms. The van der Waals surface area contributed by atoms with Crippen molar-refractivity contribution in [1.82, 2.24) is 21.3 Å². The van der Waals surface area contributed by atoms with E-state index in [9.17, 15) is 24.3 Å². The van der Waals surface area contributed by atoms with Crippen LogP contribution in [-0.2, 0) is 32.0 Å². The van der Waals surface area contributed by atoms with Gasteiger partial charge >= 0.3 is 0 Å². The summed E-state index contributed by atoms with van der Waals surface area (Å²) in [5.41, 5.74) is 8.45. The summed E-state index contributed by atoms with van der Waals surface area (Å²) in [6.07, 6.45) is 0.419. The zero-order valence-electron chi connectivity index (χ0n) is 23.2. The second kappa shape index (κ2) is 15.2. The van der Waals surface area contributed by atoms with Crippen molar-refractivity contribution in [2.75, 3.05) is 6.67 Å². The van der Waals surface area contributed by atoms with E-state index in [4.69, 9.17) is 5.73 Å². The molecule has 0 spiro atoms. The maximum absolute atomic E-state index is 13.1. The van der Waals surface area contributed by atoms with Crippen LogP contribution in [-0.4, -0.2) is 53.5 Å². The van der Waals surface area contributed by atoms with Gasteiger partial charge in [0.25, 0.3) is 0 Å². The molecule has 3 aromatic carbocycles. The molecule has 216 valence electrons. The van der Waals surface area contributed by atoms with Gasteiger partial charge in [-0.15, -0.1) is 0 Å². The van der Waals surface area contributed by atoms with Gasteiger partial charge < -0.3 is 32.1 Å². The third-order valence-corrected chi connectivity index (χ3v) is 6.61. The standard InChI is InChI=1S/C31H37N5O5/c1-20(24-11-7-4-8-12-24)28(38)33-19-34-31(41)27(18-22-9-5-3-6-10-22)36-29(39)21(2)35-30(40)26(32)17-23-13-15-25(37)16-14-23/h3-16,20-21,26-27,37H,17-19,32H2,1-2H3,(H,33,38)(H,34,41)(H,35,40)(H,36,39)/t20?,21-,26+,27+/m1/s1. The van der Waals surface area contributed by atoms with Gasteiger partial charge in [0.1, 0.15) is 17.8 Å². The van der Waals surface area contributed by atoms with Crippen LogP contribution in [0.4, 0.5) is 0 Å². The highest BCUT2D eigenvalue weighted by Gasteiger charge is 2.26. The van der Waals surface area contributed by atoms with Crippen molar-refractivity contribution >= 4 is 23.6 Å². The topological polar surface area (TPSA) is 163 Å². The van der Waals surface area contributed by atoms with Gasteiger partial charge in [-0.1, -0.05) is 72.8 Å². The third-order valence-electron chi connectivity index (χ3n) is 6.61. The van der Waals surface area contributed by atoms with E-state index < -0.39 is 41.8 Å². The molecular formula is C31H37N5O5. The first-order valence-electron chi connectivity index (χ1n) is 13.4. The Kier molecular flexibility index (Phi) is 11.4. The number of amides is 4. The Morgan fingerprint density at radius 2 is 1.24 bits per heavy atom. The maximum Gasteiger partial charge on any atom is 0.244 e. The van der Waals surface area contributed by atoms with Crippen molar-refractivity contribution < 1.29 is 24.3 Å². The molecule has 0 aromatic heterocycles. The Morgan fingerprint density at radius 1 is 0.683 bits per heavy atom. The number of rotatable bonds is 13. The smallest absolute Gasteiger partial charge is 0.244 e. The van der Waals surface area contributed by atoms with E-state index in [1.807, 2.05) is 60.7 Å². The highest BCUT2D eigenvalue weighted by Crippen LogP contribution is 2.14. The monoisotopic (exact) mass is 559 g/mol. The van der Waals surface area contributed by atoms with Crippen LogP contribution in [0.25, 0.3) is 0 Å². The lowest BCUT2D eigenvalue weighted by atomic mass is 10.0. The van der Waals surface area contributed by atoms with E-state index >= 15 is 0 Å². The number of carbonyl (C=O) groups excluding carboxylic acids is 4. The Labute approximate surface area is 239 Å². The number of phenolic OH excluding ortho intramolecular Hbond substituents is 1. The first-order chi connectivity index (χ1) is 19.6. The van der Waals surface area contributed by atoms with Gasteiger partial charge in [0.05, 0.1) is 18.6 Å². The van der Waals surface area contributed by atoms with Gasteiger partial charge in [0, 0.05) is 6.42 Å². The number of aromatic hydroxyl groups is 1. The largest absolute Gasteiger partial charge is 0.508 e. The van der Waals surface area contributed by atoms with Crippen LogP contribution in [0.5, 0.6) is 5.75 Å². The van der Waals surface area contributed by atoms with Gasteiger partial charge in [-0.05, 0) is 49.1 Å². The van der Waals surface area contributed by atoms with E-state index in [1.54, 1.807) is 19.1 Å². The zero-order chi connectivity index (χ0) is 29.8. The zero-order valence-corrected chi connectivity index (χ0v) is 23.2. The molecule has 3 aromatic rings. The van der Waals surface area contributed by atoms with E-state index in [1.165, 1.54) is 19.1 Å². The average molecular weight is 560 g/mol. The predicted molar refractivity (Wildman–Crippen MR) is 155 cm³/mol. The second-order valence-corrected chi connectivity index (χ2v) is 9.85. The highest BCUT2D eigenvalue weighted by atomic mass is 16.3. The molecule has 0 bridgehead atoms. The van der Waals surface area contributed by atoms with Crippen molar-refractivity contribution in [3.63, 3.8) is 0 Å². The summed E-state index contributed by atoms with van der Waals surface area (Å²) in [6, 6.07) is 22.0. The number of benzene rings is 3. The van der Waals surface area contributed by atoms with E-state index in [0.717, 1.165) is 16.7 Å². The Bertz CT molecular complexity index is 1300. The molecule has 3 rings (SSSR count). The van der Waals surface area contributed by atoms with E-state index in [0.29, 0.717) is 0 Å². The van der Waals surface area contributed by atoms with Crippen molar-refractivity contribution in [2.45, 2.75) is 50.7 Å². The SMILES string of the molecule is CC(C(=O)NCNC(=O)[C@H](Cc1ccccc1)NC(=O)[C@@H](C)NC(=O)[C@@H](N)Cc1ccc(O)cc1)c1ccccc1. The molecule has 4 atom stereocenters. The number of nitrogens with one attached hydrogen (secondary N) is 4. The van der Waals surface area contributed by atoms with Crippen LogP contribution in [0.1, 0.15) is 36.5 Å². The fourth-order valence-corrected chi connectivity index (χ4v) is 4.11. The number of hydrogen-bond donors (Lipinski definition) is 6. The third kappa shape index (κ3) is 9.77. The summed E-state index contributed by atoms with van der Waals surface area (Å²) in [5.74, 6) is -2.13. The van der Waals surface area contributed by atoms with Crippen molar-refractivity contribution in [1.29, 1.82) is 0 Å². The Balaban J connectivity index is 1.56. The molecular weight excluding hydrogens is 522 g/mol. The van der Waals surface area contributed by atoms with Crippen LogP contribution in [0, 0.1) is 0 Å². The number of phenols is 1. The summed E-state index contributed by atoms with van der Waals surface area (Å²) >= 11 is 0. The molecule has 0 aliphatic heterocycles. The second-order valence-electron chi connectivity index (χ2n) is 9.85. The summed E-state index contributed by atoms with van der Waals surface area (Å²) < 4.78 is 0. The summed E-state index contributed by atoms with van der Waals surface area (Å²) in [7, 11) is 0. The first kappa shape index (κ1) is 30.8. The van der Waals surface area contributed by atoms with Crippen molar-refractivity contribution in [3.8, 4) is 5.75 Å². The first-order valence-corrected chi connectivity index (χ1v) is 13.4. The summed E-state index contributed by atoms with van der Waals surface area (Å²) in [5, 5.41) is 20.1. The van der Waals surface area contributed by atoms with Crippen LogP contribution in [0.3, 0.4) is 0 Å². The lowest BCUT2D eigenvalue weighted by Crippen LogP contribution is -2.56. The van der Waals surface area contributed by atoms with Crippen molar-refractivity contribution in [2.24, 2.45) is 5.73 Å². The maximum atomic E-state index is 13.1. The fourth-order valence-electron chi connectivity index (χ4n) is 4.11. The molecule has 0 aliphatic carbocycles. The van der Waals surface area contributed by atoms with Gasteiger partial charge in [0.2, 0.25) is 23.6 Å². The molecule has 4 amide bonds. The van der Waals surface area contributed by atoms with E-state index in [-0.39, 0.29) is 31.2 Å². The van der Waals surface area contributed by atoms with Gasteiger partial charge in [-0.25, -0.2) is 0 Å². The molecule has 10 heteroatoms. The lowest BCUT2D eigenvalue weighted by molar-refractivity contribution is -0.132. The minimum Gasteiger partial charge on any atom is -0.508 e. The molecule has 0 aliphatic rings. The normalized spacial score (nSPS) is 13.6. The highest BCUT2D eigenvalue weighted by molar-refractivity contribution is 5.93. The molecule has 10 nitrogen and oxygen atoms in total. The molecule has 0 saturated heterocycles. The van der Waals surface area contributed by atoms with Crippen LogP contribution in [0.2, 0.25) is 0 Å². The summed E-state index contributed by atoms with van der Waals surface area (Å²) in [4.78, 5) is 51.2. The van der Waals surface area contributed by atoms with Crippen LogP contribution in [0.15, 0.2) is 84.9 Å². The van der Waals surface area contributed by atoms with Crippen LogP contribution >= 0.6 is 0 Å². The van der Waals surface area contributed by atoms with Gasteiger partial charge in [0.15, 0.2) is 0 Å². The minimum atomic E-state index is -0.967.